The summed E-state index contributed by atoms with van der Waals surface area (Å²) in [6, 6.07) is 4.33. The summed E-state index contributed by atoms with van der Waals surface area (Å²) < 4.78 is 0. The number of hydrogen-bond acceptors (Lipinski definition) is 5. The molecule has 0 aromatic carbocycles. The molecule has 1 unspecified atom stereocenters. The second-order valence-corrected chi connectivity index (χ2v) is 5.31. The largest absolute Gasteiger partial charge is 0.368 e. The highest BCUT2D eigenvalue weighted by atomic mass is 15.1. The molecule has 0 aliphatic carbocycles. The Balaban J connectivity index is 1.85. The molecule has 0 aliphatic rings. The quantitative estimate of drug-likeness (QED) is 0.809. The first-order valence-electron chi connectivity index (χ1n) is 7.79. The van der Waals surface area contributed by atoms with Crippen molar-refractivity contribution in [3.8, 4) is 0 Å². The van der Waals surface area contributed by atoms with Gasteiger partial charge in [0.25, 0.3) is 0 Å². The Morgan fingerprint density at radius 2 is 1.90 bits per heavy atom. The second kappa shape index (κ2) is 7.88. The Morgan fingerprint density at radius 3 is 2.67 bits per heavy atom. The lowest BCUT2D eigenvalue weighted by molar-refractivity contribution is 0.295. The molecule has 0 spiro atoms. The van der Waals surface area contributed by atoms with E-state index < -0.39 is 0 Å². The summed E-state index contributed by atoms with van der Waals surface area (Å²) in [5.74, 6) is 0.873. The van der Waals surface area contributed by atoms with Crippen LogP contribution in [0.5, 0.6) is 0 Å². The third kappa shape index (κ3) is 4.63. The van der Waals surface area contributed by atoms with Crippen LogP contribution in [0.15, 0.2) is 24.5 Å². The first-order valence-corrected chi connectivity index (χ1v) is 7.79. The molecule has 1 N–H and O–H groups in total. The molecule has 2 aromatic rings. The van der Waals surface area contributed by atoms with E-state index in [1.54, 1.807) is 12.4 Å². The van der Waals surface area contributed by atoms with E-state index in [1.165, 1.54) is 6.42 Å². The van der Waals surface area contributed by atoms with Crippen molar-refractivity contribution >= 4 is 17.0 Å². The van der Waals surface area contributed by atoms with E-state index in [2.05, 4.69) is 45.9 Å². The van der Waals surface area contributed by atoms with Crippen molar-refractivity contribution in [2.45, 2.75) is 39.7 Å². The maximum atomic E-state index is 4.50. The van der Waals surface area contributed by atoms with Gasteiger partial charge in [0.05, 0.1) is 0 Å². The number of fused-ring (bicyclic) bond motifs is 1. The molecular weight excluding hydrogens is 262 g/mol. The summed E-state index contributed by atoms with van der Waals surface area (Å²) in [6.45, 7) is 10.0. The van der Waals surface area contributed by atoms with E-state index in [1.807, 2.05) is 12.1 Å². The van der Waals surface area contributed by atoms with Gasteiger partial charge in [-0.2, -0.15) is 0 Å². The molecular formula is C16H25N5. The van der Waals surface area contributed by atoms with Crippen molar-refractivity contribution < 1.29 is 0 Å². The molecule has 0 saturated carbocycles. The average Bonchev–Trinajstić information content (AvgIpc) is 2.51. The Bertz CT molecular complexity index is 553. The molecule has 0 aliphatic heterocycles. The zero-order chi connectivity index (χ0) is 15.1. The highest BCUT2D eigenvalue weighted by Gasteiger charge is 2.06. The van der Waals surface area contributed by atoms with E-state index in [4.69, 9.17) is 0 Å². The van der Waals surface area contributed by atoms with Crippen molar-refractivity contribution in [2.75, 3.05) is 25.0 Å². The lowest BCUT2D eigenvalue weighted by Crippen LogP contribution is -2.25. The molecule has 1 atom stereocenters. The fourth-order valence-electron chi connectivity index (χ4n) is 2.42. The van der Waals surface area contributed by atoms with E-state index in [-0.39, 0.29) is 0 Å². The van der Waals surface area contributed by atoms with Crippen LogP contribution in [0.4, 0.5) is 5.82 Å². The van der Waals surface area contributed by atoms with Crippen molar-refractivity contribution in [3.05, 3.63) is 24.5 Å². The van der Waals surface area contributed by atoms with E-state index >= 15 is 0 Å². The summed E-state index contributed by atoms with van der Waals surface area (Å²) in [7, 11) is 0. The van der Waals surface area contributed by atoms with Gasteiger partial charge >= 0.3 is 0 Å². The molecule has 0 amide bonds. The number of aromatic nitrogens is 3. The van der Waals surface area contributed by atoms with Gasteiger partial charge < -0.3 is 10.2 Å². The van der Waals surface area contributed by atoms with Crippen LogP contribution in [0.3, 0.4) is 0 Å². The van der Waals surface area contributed by atoms with E-state index in [9.17, 15) is 0 Å². The molecule has 0 bridgehead atoms. The predicted octanol–water partition coefficient (Wildman–Crippen LogP) is 2.95. The van der Waals surface area contributed by atoms with Gasteiger partial charge in [0, 0.05) is 18.4 Å². The monoisotopic (exact) mass is 287 g/mol. The number of nitrogens with zero attached hydrogens (tertiary/aromatic N) is 4. The van der Waals surface area contributed by atoms with E-state index in [0.717, 1.165) is 37.4 Å². The first kappa shape index (κ1) is 15.6. The van der Waals surface area contributed by atoms with Gasteiger partial charge in [-0.1, -0.05) is 13.8 Å². The highest BCUT2D eigenvalue weighted by Crippen LogP contribution is 2.12. The van der Waals surface area contributed by atoms with Crippen LogP contribution in [-0.4, -0.2) is 45.5 Å². The first-order chi connectivity index (χ1) is 10.2. The second-order valence-electron chi connectivity index (χ2n) is 5.31. The zero-order valence-corrected chi connectivity index (χ0v) is 13.2. The molecule has 114 valence electrons. The normalized spacial score (nSPS) is 12.8. The summed E-state index contributed by atoms with van der Waals surface area (Å²) in [5.41, 5.74) is 1.52. The number of rotatable bonds is 8. The lowest BCUT2D eigenvalue weighted by atomic mass is 10.1. The SMILES string of the molecule is CCN(CC)CCCC(C)Nc1ccc2nccnc2n1. The summed E-state index contributed by atoms with van der Waals surface area (Å²) in [5, 5.41) is 3.45. The van der Waals surface area contributed by atoms with Gasteiger partial charge in [-0.05, 0) is 51.5 Å². The average molecular weight is 287 g/mol. The number of hydrogen-bond donors (Lipinski definition) is 1. The Hall–Kier alpha value is -1.75. The van der Waals surface area contributed by atoms with Gasteiger partial charge in [0.15, 0.2) is 5.65 Å². The standard InChI is InChI=1S/C16H25N5/c1-4-21(5-2)12-6-7-13(3)19-15-9-8-14-16(20-15)18-11-10-17-14/h8-11,13H,4-7,12H2,1-3H3,(H,18,19,20). The minimum absolute atomic E-state index is 0.405. The Labute approximate surface area is 126 Å². The third-order valence-electron chi connectivity index (χ3n) is 3.73. The highest BCUT2D eigenvalue weighted by molar-refractivity contribution is 5.71. The smallest absolute Gasteiger partial charge is 0.180 e. The fourth-order valence-corrected chi connectivity index (χ4v) is 2.42. The summed E-state index contributed by atoms with van der Waals surface area (Å²) in [4.78, 5) is 15.4. The minimum Gasteiger partial charge on any atom is -0.368 e. The molecule has 0 radical (unpaired) electrons. The Kier molecular flexibility index (Phi) is 5.87. The minimum atomic E-state index is 0.405. The topological polar surface area (TPSA) is 53.9 Å². The Morgan fingerprint density at radius 1 is 1.14 bits per heavy atom. The van der Waals surface area contributed by atoms with Crippen LogP contribution >= 0.6 is 0 Å². The van der Waals surface area contributed by atoms with Crippen LogP contribution in [0.2, 0.25) is 0 Å². The van der Waals surface area contributed by atoms with Crippen LogP contribution in [0.25, 0.3) is 11.2 Å². The molecule has 2 heterocycles. The van der Waals surface area contributed by atoms with Crippen LogP contribution in [0, 0.1) is 0 Å². The van der Waals surface area contributed by atoms with Crippen LogP contribution in [0.1, 0.15) is 33.6 Å². The third-order valence-corrected chi connectivity index (χ3v) is 3.73. The molecule has 0 saturated heterocycles. The summed E-state index contributed by atoms with van der Waals surface area (Å²) in [6.07, 6.45) is 5.69. The van der Waals surface area contributed by atoms with Gasteiger partial charge in [-0.3, -0.25) is 4.98 Å². The zero-order valence-electron chi connectivity index (χ0n) is 13.2. The molecule has 2 aromatic heterocycles. The van der Waals surface area contributed by atoms with Gasteiger partial charge in [0.2, 0.25) is 0 Å². The molecule has 0 fully saturated rings. The summed E-state index contributed by atoms with van der Waals surface area (Å²) >= 11 is 0. The maximum Gasteiger partial charge on any atom is 0.180 e. The van der Waals surface area contributed by atoms with Gasteiger partial charge in [0.1, 0.15) is 11.3 Å². The molecule has 5 heteroatoms. The van der Waals surface area contributed by atoms with Crippen molar-refractivity contribution in [1.29, 1.82) is 0 Å². The maximum absolute atomic E-state index is 4.50. The fraction of sp³-hybridized carbons (Fsp3) is 0.562. The van der Waals surface area contributed by atoms with Crippen molar-refractivity contribution in [1.82, 2.24) is 19.9 Å². The molecule has 2 rings (SSSR count). The molecule has 5 nitrogen and oxygen atoms in total. The van der Waals surface area contributed by atoms with Crippen molar-refractivity contribution in [3.63, 3.8) is 0 Å². The lowest BCUT2D eigenvalue weighted by Gasteiger charge is -2.20. The number of nitrogens with one attached hydrogen (secondary N) is 1. The van der Waals surface area contributed by atoms with Gasteiger partial charge in [-0.15, -0.1) is 0 Å². The van der Waals surface area contributed by atoms with Crippen LogP contribution < -0.4 is 5.32 Å². The van der Waals surface area contributed by atoms with Crippen molar-refractivity contribution in [2.24, 2.45) is 0 Å². The molecule has 21 heavy (non-hydrogen) atoms. The van der Waals surface area contributed by atoms with Gasteiger partial charge in [-0.25, -0.2) is 9.97 Å². The number of pyridine rings is 1. The van der Waals surface area contributed by atoms with E-state index in [0.29, 0.717) is 11.7 Å². The predicted molar refractivity (Wildman–Crippen MR) is 87.4 cm³/mol. The number of anilines is 1. The van der Waals surface area contributed by atoms with Crippen LogP contribution in [-0.2, 0) is 0 Å².